The number of carboxylic acids is 1. The number of anilines is 1. The Morgan fingerprint density at radius 2 is 1.74 bits per heavy atom. The molecule has 27 heavy (non-hydrogen) atoms. The number of nitrogens with two attached hydrogens (primary N) is 1. The fourth-order valence-electron chi connectivity index (χ4n) is 3.24. The van der Waals surface area contributed by atoms with Crippen LogP contribution in [0.2, 0.25) is 0 Å². The number of rotatable bonds is 5. The first kappa shape index (κ1) is 16.8. The van der Waals surface area contributed by atoms with Gasteiger partial charge in [-0.25, -0.2) is 9.78 Å². The molecule has 0 fully saturated rings. The van der Waals surface area contributed by atoms with Gasteiger partial charge < -0.3 is 15.4 Å². The molecular formula is C22H19N3O2. The van der Waals surface area contributed by atoms with E-state index < -0.39 is 5.97 Å². The van der Waals surface area contributed by atoms with Gasteiger partial charge in [-0.2, -0.15) is 0 Å². The molecule has 3 aromatic carbocycles. The third-order valence-electron chi connectivity index (χ3n) is 4.59. The first-order chi connectivity index (χ1) is 13.1. The average molecular weight is 357 g/mol. The standard InChI is InChI=1S/C22H19N3O2/c23-18-10-8-15(9-11-18)13-21-24-19-6-1-2-7-20(19)25(21)14-16-4-3-5-17(12-16)22(26)27/h1-12H,13-14,23H2,(H,26,27). The largest absolute Gasteiger partial charge is 0.478 e. The maximum atomic E-state index is 11.3. The van der Waals surface area contributed by atoms with Crippen LogP contribution in [0.5, 0.6) is 0 Å². The van der Waals surface area contributed by atoms with Crippen LogP contribution >= 0.6 is 0 Å². The van der Waals surface area contributed by atoms with Gasteiger partial charge in [-0.1, -0.05) is 36.4 Å². The Kier molecular flexibility index (Phi) is 4.34. The molecule has 5 nitrogen and oxygen atoms in total. The fourth-order valence-corrected chi connectivity index (χ4v) is 3.24. The van der Waals surface area contributed by atoms with E-state index in [4.69, 9.17) is 10.7 Å². The number of hydrogen-bond acceptors (Lipinski definition) is 3. The molecule has 0 atom stereocenters. The second-order valence-electron chi connectivity index (χ2n) is 6.53. The molecule has 0 aliphatic carbocycles. The van der Waals surface area contributed by atoms with Crippen molar-refractivity contribution >= 4 is 22.7 Å². The lowest BCUT2D eigenvalue weighted by Gasteiger charge is -2.10. The van der Waals surface area contributed by atoms with Crippen LogP contribution in [0.4, 0.5) is 5.69 Å². The molecule has 1 heterocycles. The van der Waals surface area contributed by atoms with E-state index in [0.29, 0.717) is 13.0 Å². The third kappa shape index (κ3) is 3.53. The average Bonchev–Trinajstić information content (AvgIpc) is 3.01. The molecule has 4 aromatic rings. The molecule has 0 radical (unpaired) electrons. The first-order valence-electron chi connectivity index (χ1n) is 8.71. The van der Waals surface area contributed by atoms with Crippen molar-refractivity contribution in [1.29, 1.82) is 0 Å². The minimum absolute atomic E-state index is 0.289. The van der Waals surface area contributed by atoms with Gasteiger partial charge in [0.2, 0.25) is 0 Å². The van der Waals surface area contributed by atoms with Gasteiger partial charge in [-0.3, -0.25) is 0 Å². The summed E-state index contributed by atoms with van der Waals surface area (Å²) in [6.07, 6.45) is 0.674. The molecule has 0 saturated heterocycles. The Bertz CT molecular complexity index is 1110. The highest BCUT2D eigenvalue weighted by Crippen LogP contribution is 2.21. The molecular weight excluding hydrogens is 338 g/mol. The summed E-state index contributed by atoms with van der Waals surface area (Å²) in [5.41, 5.74) is 10.8. The van der Waals surface area contributed by atoms with Crippen LogP contribution in [0.1, 0.15) is 27.3 Å². The lowest BCUT2D eigenvalue weighted by atomic mass is 10.1. The number of hydrogen-bond donors (Lipinski definition) is 2. The number of para-hydroxylation sites is 2. The third-order valence-corrected chi connectivity index (χ3v) is 4.59. The van der Waals surface area contributed by atoms with E-state index in [1.54, 1.807) is 18.2 Å². The number of benzene rings is 3. The predicted molar refractivity (Wildman–Crippen MR) is 106 cm³/mol. The van der Waals surface area contributed by atoms with Gasteiger partial charge >= 0.3 is 5.97 Å². The van der Waals surface area contributed by atoms with Gasteiger partial charge in [0.05, 0.1) is 16.6 Å². The topological polar surface area (TPSA) is 81.1 Å². The smallest absolute Gasteiger partial charge is 0.335 e. The van der Waals surface area contributed by atoms with Gasteiger partial charge in [-0.05, 0) is 47.5 Å². The van der Waals surface area contributed by atoms with Crippen LogP contribution in [0.25, 0.3) is 11.0 Å². The molecule has 4 rings (SSSR count). The van der Waals surface area contributed by atoms with Crippen molar-refractivity contribution in [2.75, 3.05) is 5.73 Å². The highest BCUT2D eigenvalue weighted by atomic mass is 16.4. The van der Waals surface area contributed by atoms with Crippen LogP contribution in [-0.4, -0.2) is 20.6 Å². The summed E-state index contributed by atoms with van der Waals surface area (Å²) in [5.74, 6) is 0.0103. The summed E-state index contributed by atoms with van der Waals surface area (Å²) < 4.78 is 2.15. The van der Waals surface area contributed by atoms with Crippen LogP contribution in [0, 0.1) is 0 Å². The molecule has 0 saturated carbocycles. The van der Waals surface area contributed by atoms with Crippen molar-refractivity contribution < 1.29 is 9.90 Å². The molecule has 0 aliphatic rings. The monoisotopic (exact) mass is 357 g/mol. The van der Waals surface area contributed by atoms with Crippen LogP contribution in [0.3, 0.4) is 0 Å². The number of carboxylic acid groups (broad SMARTS) is 1. The SMILES string of the molecule is Nc1ccc(Cc2nc3ccccc3n2Cc2cccc(C(=O)O)c2)cc1. The molecule has 134 valence electrons. The number of nitrogens with zero attached hydrogens (tertiary/aromatic N) is 2. The summed E-state index contributed by atoms with van der Waals surface area (Å²) in [4.78, 5) is 16.1. The van der Waals surface area contributed by atoms with E-state index in [-0.39, 0.29) is 5.56 Å². The van der Waals surface area contributed by atoms with E-state index >= 15 is 0 Å². The van der Waals surface area contributed by atoms with Gasteiger partial charge in [0, 0.05) is 18.7 Å². The van der Waals surface area contributed by atoms with E-state index in [1.165, 1.54) is 0 Å². The molecule has 0 unspecified atom stereocenters. The Labute approximate surface area is 156 Å². The van der Waals surface area contributed by atoms with E-state index in [9.17, 15) is 9.90 Å². The number of carbonyl (C=O) groups is 1. The number of fused-ring (bicyclic) bond motifs is 1. The highest BCUT2D eigenvalue weighted by molar-refractivity contribution is 5.87. The van der Waals surface area contributed by atoms with Crippen molar-refractivity contribution in [2.45, 2.75) is 13.0 Å². The second-order valence-corrected chi connectivity index (χ2v) is 6.53. The number of nitrogen functional groups attached to an aromatic ring is 1. The molecule has 0 amide bonds. The molecule has 0 bridgehead atoms. The zero-order chi connectivity index (χ0) is 18.8. The molecule has 0 aliphatic heterocycles. The van der Waals surface area contributed by atoms with Crippen molar-refractivity contribution in [1.82, 2.24) is 9.55 Å². The summed E-state index contributed by atoms with van der Waals surface area (Å²) >= 11 is 0. The van der Waals surface area contributed by atoms with Gasteiger partial charge in [0.15, 0.2) is 0 Å². The maximum absolute atomic E-state index is 11.3. The summed E-state index contributed by atoms with van der Waals surface area (Å²) in [6.45, 7) is 0.561. The first-order valence-corrected chi connectivity index (χ1v) is 8.71. The Morgan fingerprint density at radius 1 is 0.963 bits per heavy atom. The second kappa shape index (κ2) is 6.96. The zero-order valence-corrected chi connectivity index (χ0v) is 14.7. The molecule has 5 heteroatoms. The summed E-state index contributed by atoms with van der Waals surface area (Å²) in [6, 6.07) is 22.8. The minimum atomic E-state index is -0.922. The van der Waals surface area contributed by atoms with Crippen molar-refractivity contribution in [3.8, 4) is 0 Å². The van der Waals surface area contributed by atoms with Crippen LogP contribution < -0.4 is 5.73 Å². The fraction of sp³-hybridized carbons (Fsp3) is 0.0909. The molecule has 1 aromatic heterocycles. The summed E-state index contributed by atoms with van der Waals surface area (Å²) in [5, 5.41) is 9.25. The van der Waals surface area contributed by atoms with Gasteiger partial charge in [-0.15, -0.1) is 0 Å². The van der Waals surface area contributed by atoms with E-state index in [0.717, 1.165) is 33.7 Å². The summed E-state index contributed by atoms with van der Waals surface area (Å²) in [7, 11) is 0. The Balaban J connectivity index is 1.75. The Hall–Kier alpha value is -3.60. The van der Waals surface area contributed by atoms with Crippen LogP contribution in [0.15, 0.2) is 72.8 Å². The van der Waals surface area contributed by atoms with Crippen LogP contribution in [-0.2, 0) is 13.0 Å². The highest BCUT2D eigenvalue weighted by Gasteiger charge is 2.12. The normalized spacial score (nSPS) is 11.0. The van der Waals surface area contributed by atoms with Crippen molar-refractivity contribution in [3.05, 3.63) is 95.3 Å². The predicted octanol–water partition coefficient (Wildman–Crippen LogP) is 3.96. The maximum Gasteiger partial charge on any atom is 0.335 e. The molecule has 0 spiro atoms. The Morgan fingerprint density at radius 3 is 2.52 bits per heavy atom. The number of aromatic nitrogens is 2. The van der Waals surface area contributed by atoms with Gasteiger partial charge in [0.25, 0.3) is 0 Å². The van der Waals surface area contributed by atoms with Crippen molar-refractivity contribution in [2.24, 2.45) is 0 Å². The number of imidazole rings is 1. The lowest BCUT2D eigenvalue weighted by molar-refractivity contribution is 0.0696. The quantitative estimate of drug-likeness (QED) is 0.530. The minimum Gasteiger partial charge on any atom is -0.478 e. The zero-order valence-electron chi connectivity index (χ0n) is 14.7. The van der Waals surface area contributed by atoms with Gasteiger partial charge in [0.1, 0.15) is 5.82 Å². The van der Waals surface area contributed by atoms with Crippen molar-refractivity contribution in [3.63, 3.8) is 0 Å². The number of aromatic carboxylic acids is 1. The van der Waals surface area contributed by atoms with E-state index in [1.807, 2.05) is 54.6 Å². The lowest BCUT2D eigenvalue weighted by Crippen LogP contribution is -2.07. The van der Waals surface area contributed by atoms with E-state index in [2.05, 4.69) is 4.57 Å². The molecule has 3 N–H and O–H groups in total.